The van der Waals surface area contributed by atoms with Crippen LogP contribution in [0.15, 0.2) is 30.3 Å². The van der Waals surface area contributed by atoms with Crippen molar-refractivity contribution in [3.05, 3.63) is 58.4 Å². The number of carbonyl (C=O) groups excluding carboxylic acids is 1. The van der Waals surface area contributed by atoms with Gasteiger partial charge in [0.2, 0.25) is 0 Å². The van der Waals surface area contributed by atoms with E-state index in [1.54, 1.807) is 32.9 Å². The van der Waals surface area contributed by atoms with Crippen molar-refractivity contribution >= 4 is 23.4 Å². The third kappa shape index (κ3) is 3.59. The van der Waals surface area contributed by atoms with Gasteiger partial charge in [0.05, 0.1) is 28.5 Å². The van der Waals surface area contributed by atoms with Gasteiger partial charge in [0.1, 0.15) is 5.82 Å². The van der Waals surface area contributed by atoms with Crippen molar-refractivity contribution in [2.75, 3.05) is 16.3 Å². The first-order valence-electron chi connectivity index (χ1n) is 9.28. The molecule has 3 rings (SSSR count). The smallest absolute Gasteiger partial charge is 0.419 e. The van der Waals surface area contributed by atoms with Gasteiger partial charge in [-0.05, 0) is 55.7 Å². The summed E-state index contributed by atoms with van der Waals surface area (Å²) >= 11 is 0. The second kappa shape index (κ2) is 7.62. The summed E-state index contributed by atoms with van der Waals surface area (Å²) in [6.07, 6.45) is -5.79. The number of alkyl halides is 3. The first-order valence-corrected chi connectivity index (χ1v) is 9.28. The molecule has 2 aromatic rings. The van der Waals surface area contributed by atoms with Crippen LogP contribution >= 0.6 is 0 Å². The zero-order valence-electron chi connectivity index (χ0n) is 16.5. The van der Waals surface area contributed by atoms with Gasteiger partial charge in [-0.25, -0.2) is 9.18 Å². The first kappa shape index (κ1) is 21.6. The number of rotatable bonds is 2. The van der Waals surface area contributed by atoms with Crippen molar-refractivity contribution in [3.8, 4) is 0 Å². The number of amides is 2. The van der Waals surface area contributed by atoms with Gasteiger partial charge >= 0.3 is 12.3 Å². The third-order valence-corrected chi connectivity index (χ3v) is 5.36. The van der Waals surface area contributed by atoms with E-state index in [4.69, 9.17) is 0 Å². The highest BCUT2D eigenvalue weighted by Crippen LogP contribution is 2.40. The van der Waals surface area contributed by atoms with Crippen LogP contribution < -0.4 is 9.80 Å². The van der Waals surface area contributed by atoms with E-state index in [0.717, 1.165) is 33.1 Å². The zero-order valence-corrected chi connectivity index (χ0v) is 16.5. The fraction of sp³-hybridized carbons (Fsp3) is 0.333. The predicted molar refractivity (Wildman–Crippen MR) is 104 cm³/mol. The minimum Gasteiger partial charge on any atom is -0.465 e. The summed E-state index contributed by atoms with van der Waals surface area (Å²) in [5, 5.41) is 9.70. The average molecular weight is 424 g/mol. The van der Waals surface area contributed by atoms with Crippen LogP contribution in [0.1, 0.15) is 40.4 Å². The molecule has 0 aliphatic carbocycles. The Bertz CT molecular complexity index is 1020. The quantitative estimate of drug-likeness (QED) is 0.658. The highest BCUT2D eigenvalue weighted by atomic mass is 19.4. The first-order chi connectivity index (χ1) is 14.0. The van der Waals surface area contributed by atoms with E-state index < -0.39 is 41.2 Å². The number of fused-ring (bicyclic) bond motifs is 1. The number of carbonyl (C=O) groups is 2. The Balaban J connectivity index is 2.17. The molecule has 0 radical (unpaired) electrons. The van der Waals surface area contributed by atoms with E-state index in [-0.39, 0.29) is 17.9 Å². The Morgan fingerprint density at radius 1 is 1.13 bits per heavy atom. The molecule has 1 N–H and O–H groups in total. The molecular weight excluding hydrogens is 404 g/mol. The van der Waals surface area contributed by atoms with Gasteiger partial charge in [-0.1, -0.05) is 13.0 Å². The van der Waals surface area contributed by atoms with E-state index in [1.807, 2.05) is 0 Å². The van der Waals surface area contributed by atoms with Crippen molar-refractivity contribution in [2.24, 2.45) is 0 Å². The standard InChI is InChI=1S/C21H20F4N2O3/c1-4-13-10-26(16-8-11(2)12(3)9-17(16)27(13)20(29)30)19(28)14-6-5-7-15(18(14)22)21(23,24)25/h5-9,13H,4,10H2,1-3H3,(H,29,30). The molecule has 1 aliphatic rings. The average Bonchev–Trinajstić information content (AvgIpc) is 2.66. The second-order valence-electron chi connectivity index (χ2n) is 7.22. The molecule has 0 spiro atoms. The van der Waals surface area contributed by atoms with E-state index in [0.29, 0.717) is 12.5 Å². The molecule has 160 valence electrons. The molecule has 0 fully saturated rings. The van der Waals surface area contributed by atoms with E-state index in [1.165, 1.54) is 0 Å². The van der Waals surface area contributed by atoms with Gasteiger partial charge < -0.3 is 10.0 Å². The van der Waals surface area contributed by atoms with E-state index >= 15 is 0 Å². The SMILES string of the molecule is CCC1CN(C(=O)c2cccc(C(F)(F)F)c2F)c2cc(C)c(C)cc2N1C(=O)O. The molecule has 0 aromatic heterocycles. The predicted octanol–water partition coefficient (Wildman–Crippen LogP) is 5.38. The molecule has 9 heteroatoms. The summed E-state index contributed by atoms with van der Waals surface area (Å²) in [6, 6.07) is 5.13. The monoisotopic (exact) mass is 424 g/mol. The Labute approximate surface area is 170 Å². The van der Waals surface area contributed by atoms with Crippen molar-refractivity contribution in [1.82, 2.24) is 0 Å². The van der Waals surface area contributed by atoms with Crippen molar-refractivity contribution in [2.45, 2.75) is 39.4 Å². The highest BCUT2D eigenvalue weighted by Gasteiger charge is 2.40. The van der Waals surface area contributed by atoms with Crippen molar-refractivity contribution in [1.29, 1.82) is 0 Å². The van der Waals surface area contributed by atoms with Gasteiger partial charge in [-0.3, -0.25) is 9.69 Å². The molecule has 0 bridgehead atoms. The topological polar surface area (TPSA) is 60.9 Å². The second-order valence-corrected chi connectivity index (χ2v) is 7.22. The minimum absolute atomic E-state index is 0.104. The highest BCUT2D eigenvalue weighted by molar-refractivity contribution is 6.10. The summed E-state index contributed by atoms with van der Waals surface area (Å²) in [4.78, 5) is 27.3. The molecule has 2 amide bonds. The number of aryl methyl sites for hydroxylation is 2. The molecule has 1 heterocycles. The zero-order chi connectivity index (χ0) is 22.4. The normalized spacial score (nSPS) is 16.4. The minimum atomic E-state index is -4.94. The number of anilines is 2. The summed E-state index contributed by atoms with van der Waals surface area (Å²) < 4.78 is 53.9. The van der Waals surface area contributed by atoms with Crippen LogP contribution in [0.3, 0.4) is 0 Å². The molecule has 1 unspecified atom stereocenters. The van der Waals surface area contributed by atoms with Gasteiger partial charge in [0, 0.05) is 6.54 Å². The number of benzene rings is 2. The number of carboxylic acid groups (broad SMARTS) is 1. The molecular formula is C21H20F4N2O3. The lowest BCUT2D eigenvalue weighted by Gasteiger charge is -2.41. The molecule has 5 nitrogen and oxygen atoms in total. The molecule has 0 saturated carbocycles. The molecule has 2 aromatic carbocycles. The summed E-state index contributed by atoms with van der Waals surface area (Å²) in [5.41, 5.74) is -0.236. The van der Waals surface area contributed by atoms with Crippen LogP contribution in [-0.2, 0) is 6.18 Å². The van der Waals surface area contributed by atoms with E-state index in [2.05, 4.69) is 0 Å². The Hall–Kier alpha value is -3.10. The lowest BCUT2D eigenvalue weighted by Crippen LogP contribution is -2.53. The fourth-order valence-corrected chi connectivity index (χ4v) is 3.61. The molecule has 30 heavy (non-hydrogen) atoms. The number of nitrogens with zero attached hydrogens (tertiary/aromatic N) is 2. The van der Waals surface area contributed by atoms with Crippen LogP contribution in [0.5, 0.6) is 0 Å². The van der Waals surface area contributed by atoms with Crippen LogP contribution in [0.25, 0.3) is 0 Å². The largest absolute Gasteiger partial charge is 0.465 e. The molecule has 0 saturated heterocycles. The number of hydrogen-bond acceptors (Lipinski definition) is 2. The maximum Gasteiger partial charge on any atom is 0.419 e. The summed E-state index contributed by atoms with van der Waals surface area (Å²) in [6.45, 7) is 5.18. The van der Waals surface area contributed by atoms with Crippen LogP contribution in [0.2, 0.25) is 0 Å². The fourth-order valence-electron chi connectivity index (χ4n) is 3.61. The summed E-state index contributed by atoms with van der Waals surface area (Å²) in [7, 11) is 0. The lowest BCUT2D eigenvalue weighted by molar-refractivity contribution is -0.140. The van der Waals surface area contributed by atoms with Crippen LogP contribution in [-0.4, -0.2) is 29.7 Å². The molecule has 1 atom stereocenters. The maximum atomic E-state index is 14.6. The van der Waals surface area contributed by atoms with Crippen molar-refractivity contribution < 1.29 is 32.3 Å². The lowest BCUT2D eigenvalue weighted by atomic mass is 9.99. The van der Waals surface area contributed by atoms with Gasteiger partial charge in [-0.15, -0.1) is 0 Å². The number of halogens is 4. The summed E-state index contributed by atoms with van der Waals surface area (Å²) in [5.74, 6) is -2.60. The maximum absolute atomic E-state index is 14.6. The van der Waals surface area contributed by atoms with Gasteiger partial charge in [0.25, 0.3) is 5.91 Å². The Morgan fingerprint density at radius 3 is 2.27 bits per heavy atom. The number of hydrogen-bond donors (Lipinski definition) is 1. The van der Waals surface area contributed by atoms with Crippen LogP contribution in [0.4, 0.5) is 33.7 Å². The molecule has 1 aliphatic heterocycles. The Kier molecular flexibility index (Phi) is 5.49. The van der Waals surface area contributed by atoms with Gasteiger partial charge in [0.15, 0.2) is 0 Å². The van der Waals surface area contributed by atoms with Crippen molar-refractivity contribution in [3.63, 3.8) is 0 Å². The van der Waals surface area contributed by atoms with E-state index in [9.17, 15) is 32.3 Å². The van der Waals surface area contributed by atoms with Gasteiger partial charge in [-0.2, -0.15) is 13.2 Å². The Morgan fingerprint density at radius 2 is 1.73 bits per heavy atom. The van der Waals surface area contributed by atoms with Crippen LogP contribution in [0, 0.1) is 19.7 Å². The third-order valence-electron chi connectivity index (χ3n) is 5.36.